The predicted molar refractivity (Wildman–Crippen MR) is 47.5 cm³/mol. The van der Waals surface area contributed by atoms with Crippen molar-refractivity contribution in [1.82, 2.24) is 10.3 Å². The second-order valence-corrected chi connectivity index (χ2v) is 2.25. The molecule has 4 nitrogen and oxygen atoms in total. The average molecular weight is 166 g/mol. The molecule has 1 rings (SSSR count). The van der Waals surface area contributed by atoms with E-state index in [1.54, 1.807) is 13.2 Å². The molecule has 0 fully saturated rings. The van der Waals surface area contributed by atoms with Gasteiger partial charge < -0.3 is 10.4 Å². The summed E-state index contributed by atoms with van der Waals surface area (Å²) in [5, 5.41) is 15.5. The third-order valence-electron chi connectivity index (χ3n) is 1.43. The number of aliphatic hydroxyl groups excluding tert-OH is 1. The Bertz CT molecular complexity index is 239. The molecule has 0 amide bonds. The lowest BCUT2D eigenvalue weighted by Crippen LogP contribution is -2.08. The third-order valence-corrected chi connectivity index (χ3v) is 1.43. The minimum Gasteiger partial charge on any atom is -0.395 e. The van der Waals surface area contributed by atoms with Gasteiger partial charge in [-0.2, -0.15) is 0 Å². The quantitative estimate of drug-likeness (QED) is 0.678. The molecule has 1 radical (unpaired) electrons. The standard InChI is InChI=1S/C8H12N3O/c1-9-7-3-2-4-10-8(7)11-5-6-12/h2-4,12H,5-6H2,1H3,(H,10,11). The monoisotopic (exact) mass is 166 g/mol. The van der Waals surface area contributed by atoms with Crippen molar-refractivity contribution in [2.24, 2.45) is 0 Å². The number of nitrogens with one attached hydrogen (secondary N) is 1. The Morgan fingerprint density at radius 2 is 2.50 bits per heavy atom. The summed E-state index contributed by atoms with van der Waals surface area (Å²) in [6, 6.07) is 3.69. The molecule has 12 heavy (non-hydrogen) atoms. The topological polar surface area (TPSA) is 59.2 Å². The lowest BCUT2D eigenvalue weighted by atomic mass is 10.4. The van der Waals surface area contributed by atoms with E-state index in [0.29, 0.717) is 12.4 Å². The maximum Gasteiger partial charge on any atom is 0.151 e. The van der Waals surface area contributed by atoms with Crippen molar-refractivity contribution in [2.45, 2.75) is 0 Å². The van der Waals surface area contributed by atoms with Crippen molar-refractivity contribution in [1.29, 1.82) is 0 Å². The molecule has 0 saturated carbocycles. The molecule has 0 bridgehead atoms. The molecule has 0 aliphatic rings. The lowest BCUT2D eigenvalue weighted by Gasteiger charge is -2.06. The molecular weight excluding hydrogens is 154 g/mol. The average Bonchev–Trinajstić information content (AvgIpc) is 2.15. The van der Waals surface area contributed by atoms with E-state index in [0.717, 1.165) is 5.69 Å². The third kappa shape index (κ3) is 2.10. The molecule has 0 atom stereocenters. The molecule has 0 aromatic carbocycles. The van der Waals surface area contributed by atoms with Crippen molar-refractivity contribution in [3.8, 4) is 0 Å². The van der Waals surface area contributed by atoms with Crippen molar-refractivity contribution >= 4 is 11.5 Å². The van der Waals surface area contributed by atoms with Crippen LogP contribution in [-0.4, -0.2) is 30.3 Å². The number of rotatable bonds is 4. The Morgan fingerprint density at radius 1 is 1.67 bits per heavy atom. The molecule has 1 heterocycles. The largest absolute Gasteiger partial charge is 0.395 e. The highest BCUT2D eigenvalue weighted by Gasteiger charge is 1.99. The van der Waals surface area contributed by atoms with E-state index >= 15 is 0 Å². The number of hydrogen-bond acceptors (Lipinski definition) is 3. The summed E-state index contributed by atoms with van der Waals surface area (Å²) < 4.78 is 0. The number of hydrogen-bond donors (Lipinski definition) is 2. The van der Waals surface area contributed by atoms with Crippen LogP contribution >= 0.6 is 0 Å². The number of aliphatic hydroxyl groups is 1. The highest BCUT2D eigenvalue weighted by Crippen LogP contribution is 2.15. The zero-order valence-electron chi connectivity index (χ0n) is 6.99. The van der Waals surface area contributed by atoms with Crippen molar-refractivity contribution in [3.63, 3.8) is 0 Å². The van der Waals surface area contributed by atoms with Gasteiger partial charge in [0, 0.05) is 19.8 Å². The van der Waals surface area contributed by atoms with E-state index < -0.39 is 0 Å². The van der Waals surface area contributed by atoms with E-state index in [4.69, 9.17) is 5.11 Å². The first kappa shape index (κ1) is 8.80. The highest BCUT2D eigenvalue weighted by atomic mass is 16.3. The number of anilines is 1. The molecule has 4 heteroatoms. The lowest BCUT2D eigenvalue weighted by molar-refractivity contribution is 0.311. The van der Waals surface area contributed by atoms with Gasteiger partial charge >= 0.3 is 0 Å². The van der Waals surface area contributed by atoms with Crippen LogP contribution in [0.2, 0.25) is 0 Å². The molecule has 0 saturated heterocycles. The van der Waals surface area contributed by atoms with Gasteiger partial charge in [0.15, 0.2) is 5.82 Å². The fourth-order valence-electron chi connectivity index (χ4n) is 0.888. The van der Waals surface area contributed by atoms with E-state index in [-0.39, 0.29) is 6.61 Å². The normalized spacial score (nSPS) is 9.50. The summed E-state index contributed by atoms with van der Waals surface area (Å²) in [7, 11) is 1.71. The van der Waals surface area contributed by atoms with E-state index in [1.807, 2.05) is 12.1 Å². The van der Waals surface area contributed by atoms with E-state index in [1.165, 1.54) is 0 Å². The molecule has 0 aliphatic heterocycles. The molecule has 1 aromatic heterocycles. The first-order chi connectivity index (χ1) is 5.88. The molecule has 0 aliphatic carbocycles. The van der Waals surface area contributed by atoms with Gasteiger partial charge in [-0.15, -0.1) is 0 Å². The van der Waals surface area contributed by atoms with Crippen LogP contribution in [0.25, 0.3) is 0 Å². The van der Waals surface area contributed by atoms with Crippen molar-refractivity contribution < 1.29 is 5.11 Å². The minimum atomic E-state index is 0.0970. The fraction of sp³-hybridized carbons (Fsp3) is 0.375. The predicted octanol–water partition coefficient (Wildman–Crippen LogP) is 0.351. The van der Waals surface area contributed by atoms with Crippen LogP contribution in [0.5, 0.6) is 0 Å². The van der Waals surface area contributed by atoms with Gasteiger partial charge in [-0.25, -0.2) is 4.98 Å². The van der Waals surface area contributed by atoms with E-state index in [2.05, 4.69) is 15.6 Å². The van der Waals surface area contributed by atoms with Crippen LogP contribution in [0.3, 0.4) is 0 Å². The second kappa shape index (κ2) is 4.56. The highest BCUT2D eigenvalue weighted by molar-refractivity contribution is 5.58. The first-order valence-electron chi connectivity index (χ1n) is 3.78. The Labute approximate surface area is 71.6 Å². The SMILES string of the molecule is C[N]c1cccnc1NCCO. The van der Waals surface area contributed by atoms with Crippen LogP contribution in [0.15, 0.2) is 18.3 Å². The van der Waals surface area contributed by atoms with Crippen LogP contribution in [0, 0.1) is 0 Å². The molecule has 1 aromatic rings. The van der Waals surface area contributed by atoms with Gasteiger partial charge in [-0.05, 0) is 12.1 Å². The summed E-state index contributed by atoms with van der Waals surface area (Å²) in [5.74, 6) is 0.717. The fourth-order valence-corrected chi connectivity index (χ4v) is 0.888. The summed E-state index contributed by atoms with van der Waals surface area (Å²) in [6.45, 7) is 0.596. The van der Waals surface area contributed by atoms with Crippen LogP contribution in [-0.2, 0) is 0 Å². The number of pyridine rings is 1. The first-order valence-corrected chi connectivity index (χ1v) is 3.78. The Kier molecular flexibility index (Phi) is 3.35. The zero-order chi connectivity index (χ0) is 8.81. The molecule has 0 unspecified atom stereocenters. The van der Waals surface area contributed by atoms with Crippen molar-refractivity contribution in [2.75, 3.05) is 25.5 Å². The van der Waals surface area contributed by atoms with Crippen LogP contribution in [0.1, 0.15) is 0 Å². The van der Waals surface area contributed by atoms with Gasteiger partial charge in [-0.3, -0.25) is 5.32 Å². The molecule has 65 valence electrons. The van der Waals surface area contributed by atoms with Crippen LogP contribution < -0.4 is 10.6 Å². The molecule has 0 spiro atoms. The Hall–Kier alpha value is -1.29. The Balaban J connectivity index is 2.68. The summed E-state index contributed by atoms with van der Waals surface area (Å²) in [5.41, 5.74) is 0.811. The van der Waals surface area contributed by atoms with Gasteiger partial charge in [0.1, 0.15) is 0 Å². The number of nitrogens with zero attached hydrogens (tertiary/aromatic N) is 2. The van der Waals surface area contributed by atoms with Crippen LogP contribution in [0.4, 0.5) is 11.5 Å². The molecular formula is C8H12N3O. The summed E-state index contributed by atoms with van der Waals surface area (Å²) >= 11 is 0. The minimum absolute atomic E-state index is 0.0970. The summed E-state index contributed by atoms with van der Waals surface area (Å²) in [4.78, 5) is 4.07. The molecule has 2 N–H and O–H groups in total. The summed E-state index contributed by atoms with van der Waals surface area (Å²) in [6.07, 6.45) is 1.69. The van der Waals surface area contributed by atoms with Gasteiger partial charge in [0.2, 0.25) is 0 Å². The maximum absolute atomic E-state index is 8.57. The van der Waals surface area contributed by atoms with Gasteiger partial charge in [-0.1, -0.05) is 0 Å². The number of aromatic nitrogens is 1. The van der Waals surface area contributed by atoms with E-state index in [9.17, 15) is 0 Å². The van der Waals surface area contributed by atoms with Gasteiger partial charge in [0.05, 0.1) is 12.3 Å². The zero-order valence-corrected chi connectivity index (χ0v) is 6.99. The maximum atomic E-state index is 8.57. The van der Waals surface area contributed by atoms with Gasteiger partial charge in [0.25, 0.3) is 0 Å². The smallest absolute Gasteiger partial charge is 0.151 e. The Morgan fingerprint density at radius 3 is 3.17 bits per heavy atom. The second-order valence-electron chi connectivity index (χ2n) is 2.25. The van der Waals surface area contributed by atoms with Crippen molar-refractivity contribution in [3.05, 3.63) is 18.3 Å².